The zero-order chi connectivity index (χ0) is 17.7. The van der Waals surface area contributed by atoms with Crippen LogP contribution in [-0.2, 0) is 9.59 Å². The Bertz CT molecular complexity index is 726. The number of carbonyl (C=O) groups excluding carboxylic acids is 2. The minimum atomic E-state index is -0.178. The Balaban J connectivity index is 2.12. The molecule has 2 aromatic carbocycles. The average Bonchev–Trinajstić information content (AvgIpc) is 2.55. The van der Waals surface area contributed by atoms with Crippen molar-refractivity contribution >= 4 is 17.5 Å². The molecule has 0 saturated carbocycles. The molecule has 0 radical (unpaired) electrons. The molecule has 0 aliphatic carbocycles. The summed E-state index contributed by atoms with van der Waals surface area (Å²) < 4.78 is 0. The monoisotopic (exact) mass is 324 g/mol. The fourth-order valence-electron chi connectivity index (χ4n) is 2.63. The van der Waals surface area contributed by atoms with Crippen molar-refractivity contribution in [1.82, 2.24) is 5.32 Å². The van der Waals surface area contributed by atoms with Crippen molar-refractivity contribution in [1.29, 1.82) is 0 Å². The molecule has 0 fully saturated rings. The highest BCUT2D eigenvalue weighted by atomic mass is 16.2. The van der Waals surface area contributed by atoms with Crippen LogP contribution in [0.3, 0.4) is 0 Å². The Labute approximate surface area is 143 Å². The molecule has 4 heteroatoms. The van der Waals surface area contributed by atoms with Crippen molar-refractivity contribution in [3.63, 3.8) is 0 Å². The Morgan fingerprint density at radius 1 is 1.08 bits per heavy atom. The van der Waals surface area contributed by atoms with Gasteiger partial charge in [0.1, 0.15) is 6.54 Å². The summed E-state index contributed by atoms with van der Waals surface area (Å²) in [5, 5.41) is 2.95. The van der Waals surface area contributed by atoms with Crippen LogP contribution in [0.15, 0.2) is 48.5 Å². The molecule has 4 nitrogen and oxygen atoms in total. The second-order valence-electron chi connectivity index (χ2n) is 6.09. The molecule has 0 bridgehead atoms. The first-order chi connectivity index (χ1) is 11.4. The number of aryl methyl sites for hydroxylation is 2. The third-order valence-electron chi connectivity index (χ3n) is 4.01. The van der Waals surface area contributed by atoms with Crippen LogP contribution in [0, 0.1) is 13.8 Å². The van der Waals surface area contributed by atoms with Crippen molar-refractivity contribution in [2.45, 2.75) is 33.7 Å². The van der Waals surface area contributed by atoms with Crippen LogP contribution < -0.4 is 10.2 Å². The lowest BCUT2D eigenvalue weighted by atomic mass is 10.1. The van der Waals surface area contributed by atoms with E-state index in [0.717, 1.165) is 22.4 Å². The highest BCUT2D eigenvalue weighted by molar-refractivity contribution is 5.98. The van der Waals surface area contributed by atoms with Gasteiger partial charge in [0.05, 0.1) is 6.04 Å². The minimum Gasteiger partial charge on any atom is -0.348 e. The first-order valence-corrected chi connectivity index (χ1v) is 8.08. The fourth-order valence-corrected chi connectivity index (χ4v) is 2.63. The van der Waals surface area contributed by atoms with Crippen LogP contribution in [0.5, 0.6) is 0 Å². The zero-order valence-electron chi connectivity index (χ0n) is 14.7. The van der Waals surface area contributed by atoms with Gasteiger partial charge in [0, 0.05) is 12.6 Å². The van der Waals surface area contributed by atoms with E-state index in [1.165, 1.54) is 11.8 Å². The van der Waals surface area contributed by atoms with E-state index in [0.29, 0.717) is 0 Å². The van der Waals surface area contributed by atoms with E-state index < -0.39 is 0 Å². The van der Waals surface area contributed by atoms with E-state index in [-0.39, 0.29) is 24.4 Å². The summed E-state index contributed by atoms with van der Waals surface area (Å²) in [7, 11) is 0. The normalized spacial score (nSPS) is 11.7. The first kappa shape index (κ1) is 17.7. The van der Waals surface area contributed by atoms with Gasteiger partial charge in [-0.15, -0.1) is 0 Å². The molecule has 2 amide bonds. The largest absolute Gasteiger partial charge is 0.348 e. The average molecular weight is 324 g/mol. The molecule has 24 heavy (non-hydrogen) atoms. The number of carbonyl (C=O) groups is 2. The minimum absolute atomic E-state index is 0.0107. The summed E-state index contributed by atoms with van der Waals surface area (Å²) >= 11 is 0. The molecule has 1 unspecified atom stereocenters. The van der Waals surface area contributed by atoms with Gasteiger partial charge in [-0.2, -0.15) is 0 Å². The zero-order valence-corrected chi connectivity index (χ0v) is 14.7. The Hall–Kier alpha value is -2.62. The van der Waals surface area contributed by atoms with Crippen molar-refractivity contribution in [2.75, 3.05) is 11.4 Å². The summed E-state index contributed by atoms with van der Waals surface area (Å²) in [6, 6.07) is 15.6. The molecule has 2 rings (SSSR count). The van der Waals surface area contributed by atoms with Gasteiger partial charge >= 0.3 is 0 Å². The third-order valence-corrected chi connectivity index (χ3v) is 4.01. The second-order valence-corrected chi connectivity index (χ2v) is 6.09. The van der Waals surface area contributed by atoms with Crippen LogP contribution in [0.1, 0.15) is 36.6 Å². The molecule has 2 aromatic rings. The number of nitrogens with one attached hydrogen (secondary N) is 1. The molecular weight excluding hydrogens is 300 g/mol. The smallest absolute Gasteiger partial charge is 0.240 e. The van der Waals surface area contributed by atoms with Crippen molar-refractivity contribution in [2.24, 2.45) is 0 Å². The lowest BCUT2D eigenvalue weighted by molar-refractivity contribution is -0.123. The summed E-state index contributed by atoms with van der Waals surface area (Å²) in [4.78, 5) is 26.0. The van der Waals surface area contributed by atoms with E-state index in [1.54, 1.807) is 0 Å². The second kappa shape index (κ2) is 7.77. The summed E-state index contributed by atoms with van der Waals surface area (Å²) in [5.41, 5.74) is 3.84. The first-order valence-electron chi connectivity index (χ1n) is 8.08. The van der Waals surface area contributed by atoms with Gasteiger partial charge in [-0.05, 0) is 43.5 Å². The molecule has 1 N–H and O–H groups in total. The van der Waals surface area contributed by atoms with E-state index in [9.17, 15) is 9.59 Å². The number of rotatable bonds is 5. The predicted octanol–water partition coefficient (Wildman–Crippen LogP) is 3.53. The number of amides is 2. The summed E-state index contributed by atoms with van der Waals surface area (Å²) in [6.45, 7) is 7.34. The third kappa shape index (κ3) is 4.44. The number of hydrogen-bond donors (Lipinski definition) is 1. The van der Waals surface area contributed by atoms with Crippen LogP contribution in [0.2, 0.25) is 0 Å². The van der Waals surface area contributed by atoms with E-state index in [1.807, 2.05) is 69.3 Å². The molecule has 0 heterocycles. The SMILES string of the molecule is CC(=O)N(CC(=O)NC(C)c1ccccc1)c1cc(C)ccc1C. The molecule has 126 valence electrons. The van der Waals surface area contributed by atoms with Gasteiger partial charge in [0.25, 0.3) is 0 Å². The van der Waals surface area contributed by atoms with Gasteiger partial charge in [-0.25, -0.2) is 0 Å². The molecule has 0 saturated heterocycles. The fraction of sp³-hybridized carbons (Fsp3) is 0.300. The Morgan fingerprint density at radius 2 is 1.75 bits per heavy atom. The lowest BCUT2D eigenvalue weighted by Gasteiger charge is -2.24. The predicted molar refractivity (Wildman–Crippen MR) is 96.9 cm³/mol. The number of hydrogen-bond acceptors (Lipinski definition) is 2. The highest BCUT2D eigenvalue weighted by Crippen LogP contribution is 2.22. The van der Waals surface area contributed by atoms with Crippen molar-refractivity contribution < 1.29 is 9.59 Å². The maximum atomic E-state index is 12.4. The number of benzene rings is 2. The highest BCUT2D eigenvalue weighted by Gasteiger charge is 2.19. The maximum Gasteiger partial charge on any atom is 0.240 e. The van der Waals surface area contributed by atoms with E-state index in [4.69, 9.17) is 0 Å². The topological polar surface area (TPSA) is 49.4 Å². The van der Waals surface area contributed by atoms with Crippen LogP contribution in [0.25, 0.3) is 0 Å². The van der Waals surface area contributed by atoms with Crippen LogP contribution in [-0.4, -0.2) is 18.4 Å². The van der Waals surface area contributed by atoms with Gasteiger partial charge in [0.2, 0.25) is 11.8 Å². The maximum absolute atomic E-state index is 12.4. The molecule has 0 spiro atoms. The summed E-state index contributed by atoms with van der Waals surface area (Å²) in [5.74, 6) is -0.325. The molecule has 0 aromatic heterocycles. The van der Waals surface area contributed by atoms with Gasteiger partial charge in [-0.1, -0.05) is 42.5 Å². The molecule has 1 atom stereocenters. The Morgan fingerprint density at radius 3 is 2.38 bits per heavy atom. The number of nitrogens with zero attached hydrogens (tertiary/aromatic N) is 1. The van der Waals surface area contributed by atoms with E-state index >= 15 is 0 Å². The van der Waals surface area contributed by atoms with Gasteiger partial charge in [-0.3, -0.25) is 9.59 Å². The molecule has 0 aliphatic rings. The molecular formula is C20H24N2O2. The van der Waals surface area contributed by atoms with Gasteiger partial charge in [0.15, 0.2) is 0 Å². The van der Waals surface area contributed by atoms with Crippen molar-refractivity contribution in [3.05, 3.63) is 65.2 Å². The molecule has 0 aliphatic heterocycles. The van der Waals surface area contributed by atoms with E-state index in [2.05, 4.69) is 5.32 Å². The summed E-state index contributed by atoms with van der Waals surface area (Å²) in [6.07, 6.45) is 0. The van der Waals surface area contributed by atoms with Crippen LogP contribution in [0.4, 0.5) is 5.69 Å². The van der Waals surface area contributed by atoms with Gasteiger partial charge < -0.3 is 10.2 Å². The van der Waals surface area contributed by atoms with Crippen LogP contribution >= 0.6 is 0 Å². The number of anilines is 1. The standard InChI is InChI=1S/C20H24N2O2/c1-14-10-11-15(2)19(12-14)22(17(4)23)13-20(24)21-16(3)18-8-6-5-7-9-18/h5-12,16H,13H2,1-4H3,(H,21,24). The quantitative estimate of drug-likeness (QED) is 0.914. The lowest BCUT2D eigenvalue weighted by Crippen LogP contribution is -2.41. The van der Waals surface area contributed by atoms with Crippen molar-refractivity contribution in [3.8, 4) is 0 Å². The Kier molecular flexibility index (Phi) is 5.74.